The van der Waals surface area contributed by atoms with Gasteiger partial charge in [0, 0.05) is 11.0 Å². The van der Waals surface area contributed by atoms with Crippen molar-refractivity contribution in [1.82, 2.24) is 0 Å². The maximum absolute atomic E-state index is 11.1. The van der Waals surface area contributed by atoms with Crippen LogP contribution in [0.25, 0.3) is 0 Å². The fraction of sp³-hybridized carbons (Fsp3) is 0.727. The van der Waals surface area contributed by atoms with Crippen LogP contribution < -0.4 is 0 Å². The highest BCUT2D eigenvalue weighted by molar-refractivity contribution is 5.90. The predicted octanol–water partition coefficient (Wildman–Crippen LogP) is 2.74. The molecule has 0 bridgehead atoms. The van der Waals surface area contributed by atoms with Gasteiger partial charge in [0.05, 0.1) is 0 Å². The monoisotopic (exact) mass is 180 g/mol. The van der Waals surface area contributed by atoms with Gasteiger partial charge >= 0.3 is 5.97 Å². The molecule has 2 heteroatoms. The first-order valence-electron chi connectivity index (χ1n) is 5.09. The molecule has 1 fully saturated rings. The zero-order valence-corrected chi connectivity index (χ0v) is 8.10. The van der Waals surface area contributed by atoms with Crippen molar-refractivity contribution >= 4 is 5.97 Å². The van der Waals surface area contributed by atoms with Crippen LogP contribution >= 0.6 is 0 Å². The van der Waals surface area contributed by atoms with E-state index in [1.165, 1.54) is 12.8 Å². The summed E-state index contributed by atoms with van der Waals surface area (Å²) in [5.41, 5.74) is 1.95. The van der Waals surface area contributed by atoms with Crippen LogP contribution in [0, 0.1) is 5.41 Å². The molecule has 2 nitrogen and oxygen atoms in total. The fourth-order valence-corrected chi connectivity index (χ4v) is 3.09. The SMILES string of the molecule is CC1=C(C(=O)O)C2(CCCC2)CC1. The number of aliphatic carboxylic acids is 1. The van der Waals surface area contributed by atoms with Gasteiger partial charge in [0.2, 0.25) is 0 Å². The summed E-state index contributed by atoms with van der Waals surface area (Å²) < 4.78 is 0. The molecule has 0 atom stereocenters. The van der Waals surface area contributed by atoms with Crippen molar-refractivity contribution in [1.29, 1.82) is 0 Å². The van der Waals surface area contributed by atoms with E-state index in [0.717, 1.165) is 36.8 Å². The Kier molecular flexibility index (Phi) is 1.94. The molecule has 0 aromatic heterocycles. The van der Waals surface area contributed by atoms with Crippen LogP contribution in [0.2, 0.25) is 0 Å². The lowest BCUT2D eigenvalue weighted by atomic mass is 9.79. The molecular weight excluding hydrogens is 164 g/mol. The van der Waals surface area contributed by atoms with E-state index >= 15 is 0 Å². The number of carbonyl (C=O) groups is 1. The summed E-state index contributed by atoms with van der Waals surface area (Å²) in [5, 5.41) is 9.15. The zero-order valence-electron chi connectivity index (χ0n) is 8.10. The zero-order chi connectivity index (χ0) is 9.47. The summed E-state index contributed by atoms with van der Waals surface area (Å²) in [6.45, 7) is 1.98. The smallest absolute Gasteiger partial charge is 0.332 e. The van der Waals surface area contributed by atoms with Gasteiger partial charge in [-0.25, -0.2) is 4.79 Å². The highest BCUT2D eigenvalue weighted by Crippen LogP contribution is 2.53. The normalized spacial score (nSPS) is 25.9. The lowest BCUT2D eigenvalue weighted by molar-refractivity contribution is -0.133. The molecule has 1 saturated carbocycles. The van der Waals surface area contributed by atoms with Crippen LogP contribution in [0.4, 0.5) is 0 Å². The van der Waals surface area contributed by atoms with Crippen LogP contribution in [-0.2, 0) is 4.79 Å². The van der Waals surface area contributed by atoms with E-state index in [4.69, 9.17) is 5.11 Å². The van der Waals surface area contributed by atoms with Gasteiger partial charge in [-0.3, -0.25) is 0 Å². The van der Waals surface area contributed by atoms with E-state index in [9.17, 15) is 4.79 Å². The molecule has 2 rings (SSSR count). The maximum Gasteiger partial charge on any atom is 0.332 e. The molecule has 0 aromatic carbocycles. The van der Waals surface area contributed by atoms with Gasteiger partial charge < -0.3 is 5.11 Å². The average Bonchev–Trinajstić information content (AvgIpc) is 2.61. The molecular formula is C11H16O2. The molecule has 0 amide bonds. The van der Waals surface area contributed by atoms with Crippen molar-refractivity contribution in [2.75, 3.05) is 0 Å². The Balaban J connectivity index is 2.36. The van der Waals surface area contributed by atoms with Crippen LogP contribution in [0.5, 0.6) is 0 Å². The van der Waals surface area contributed by atoms with Crippen molar-refractivity contribution in [2.24, 2.45) is 5.41 Å². The molecule has 13 heavy (non-hydrogen) atoms. The van der Waals surface area contributed by atoms with E-state index in [1.54, 1.807) is 0 Å². The number of hydrogen-bond donors (Lipinski definition) is 1. The molecule has 0 unspecified atom stereocenters. The van der Waals surface area contributed by atoms with Crippen molar-refractivity contribution in [3.8, 4) is 0 Å². The fourth-order valence-electron chi connectivity index (χ4n) is 3.09. The summed E-state index contributed by atoms with van der Waals surface area (Å²) in [5.74, 6) is -0.670. The third-order valence-corrected chi connectivity index (χ3v) is 3.71. The number of carboxylic acids is 1. The van der Waals surface area contributed by atoms with Crippen molar-refractivity contribution in [3.63, 3.8) is 0 Å². The summed E-state index contributed by atoms with van der Waals surface area (Å²) >= 11 is 0. The van der Waals surface area contributed by atoms with Crippen LogP contribution in [0.3, 0.4) is 0 Å². The predicted molar refractivity (Wildman–Crippen MR) is 50.5 cm³/mol. The maximum atomic E-state index is 11.1. The van der Waals surface area contributed by atoms with E-state index in [2.05, 4.69) is 0 Å². The average molecular weight is 180 g/mol. The van der Waals surface area contributed by atoms with Gasteiger partial charge in [0.25, 0.3) is 0 Å². The van der Waals surface area contributed by atoms with Crippen molar-refractivity contribution < 1.29 is 9.90 Å². The minimum Gasteiger partial charge on any atom is -0.478 e. The third kappa shape index (κ3) is 1.19. The molecule has 0 aromatic rings. The minimum atomic E-state index is -0.670. The van der Waals surface area contributed by atoms with E-state index in [1.807, 2.05) is 6.92 Å². The van der Waals surface area contributed by atoms with E-state index < -0.39 is 5.97 Å². The summed E-state index contributed by atoms with van der Waals surface area (Å²) in [7, 11) is 0. The quantitative estimate of drug-likeness (QED) is 0.673. The third-order valence-electron chi connectivity index (χ3n) is 3.71. The van der Waals surface area contributed by atoms with Gasteiger partial charge in [0.1, 0.15) is 0 Å². The first kappa shape index (κ1) is 8.79. The van der Waals surface area contributed by atoms with Gasteiger partial charge in [-0.1, -0.05) is 18.4 Å². The lowest BCUT2D eigenvalue weighted by Crippen LogP contribution is -2.21. The number of hydrogen-bond acceptors (Lipinski definition) is 1. The Morgan fingerprint density at radius 1 is 1.31 bits per heavy atom. The standard InChI is InChI=1S/C11H16O2/c1-8-4-7-11(5-2-3-6-11)9(8)10(12)13/h2-7H2,1H3,(H,12,13). The molecule has 0 radical (unpaired) electrons. The molecule has 0 saturated heterocycles. The number of allylic oxidation sites excluding steroid dienone is 1. The molecule has 0 aliphatic heterocycles. The second kappa shape index (κ2) is 2.86. The minimum absolute atomic E-state index is 0.0793. The highest BCUT2D eigenvalue weighted by atomic mass is 16.4. The van der Waals surface area contributed by atoms with Crippen LogP contribution in [0.15, 0.2) is 11.1 Å². The van der Waals surface area contributed by atoms with Crippen molar-refractivity contribution in [3.05, 3.63) is 11.1 Å². The summed E-state index contributed by atoms with van der Waals surface area (Å²) in [4.78, 5) is 11.1. The number of carboxylic acid groups (broad SMARTS) is 1. The summed E-state index contributed by atoms with van der Waals surface area (Å²) in [6, 6.07) is 0. The first-order chi connectivity index (χ1) is 6.16. The Morgan fingerprint density at radius 2 is 1.92 bits per heavy atom. The lowest BCUT2D eigenvalue weighted by Gasteiger charge is -2.24. The van der Waals surface area contributed by atoms with Crippen molar-refractivity contribution in [2.45, 2.75) is 45.4 Å². The Bertz CT molecular complexity index is 270. The second-order valence-electron chi connectivity index (χ2n) is 4.45. The molecule has 1 spiro atoms. The molecule has 0 heterocycles. The Morgan fingerprint density at radius 3 is 2.46 bits per heavy atom. The Hall–Kier alpha value is -0.790. The molecule has 72 valence electrons. The van der Waals surface area contributed by atoms with Crippen LogP contribution in [-0.4, -0.2) is 11.1 Å². The Labute approximate surface area is 78.6 Å². The largest absolute Gasteiger partial charge is 0.478 e. The van der Waals surface area contributed by atoms with Gasteiger partial charge in [-0.15, -0.1) is 0 Å². The van der Waals surface area contributed by atoms with E-state index in [0.29, 0.717) is 0 Å². The molecule has 2 aliphatic carbocycles. The first-order valence-corrected chi connectivity index (χ1v) is 5.09. The molecule has 1 N–H and O–H groups in total. The number of rotatable bonds is 1. The second-order valence-corrected chi connectivity index (χ2v) is 4.45. The van der Waals surface area contributed by atoms with E-state index in [-0.39, 0.29) is 5.41 Å². The van der Waals surface area contributed by atoms with Gasteiger partial charge in [-0.2, -0.15) is 0 Å². The molecule has 2 aliphatic rings. The topological polar surface area (TPSA) is 37.3 Å². The van der Waals surface area contributed by atoms with Crippen LogP contribution in [0.1, 0.15) is 45.4 Å². The summed E-state index contributed by atoms with van der Waals surface area (Å²) in [6.07, 6.45) is 6.72. The highest BCUT2D eigenvalue weighted by Gasteiger charge is 2.44. The van der Waals surface area contributed by atoms with Gasteiger partial charge in [0.15, 0.2) is 0 Å². The van der Waals surface area contributed by atoms with Gasteiger partial charge in [-0.05, 0) is 32.6 Å².